The molecule has 0 bridgehead atoms. The second-order valence-corrected chi connectivity index (χ2v) is 16.9. The largest absolute Gasteiger partial charge is 0.465 e. The number of fused-ring (bicyclic) bond motifs is 2. The van der Waals surface area contributed by atoms with Crippen molar-refractivity contribution in [2.45, 2.75) is 56.8 Å². The van der Waals surface area contributed by atoms with Crippen LogP contribution >= 0.6 is 23.5 Å². The molecular weight excluding hydrogens is 571 g/mol. The number of carbonyl (C=O) groups is 2. The van der Waals surface area contributed by atoms with Crippen LogP contribution in [0.1, 0.15) is 48.4 Å². The van der Waals surface area contributed by atoms with Crippen molar-refractivity contribution < 1.29 is 31.2 Å². The zero-order valence-corrected chi connectivity index (χ0v) is 24.7. The lowest BCUT2D eigenvalue weighted by Gasteiger charge is -2.30. The van der Waals surface area contributed by atoms with Crippen LogP contribution in [0.25, 0.3) is 0 Å². The molecule has 4 N–H and O–H groups in total. The van der Waals surface area contributed by atoms with Gasteiger partial charge in [0, 0.05) is 26.9 Å². The molecule has 2 aromatic rings. The fourth-order valence-corrected chi connectivity index (χ4v) is 10.3. The van der Waals surface area contributed by atoms with Crippen LogP contribution in [0.5, 0.6) is 0 Å². The SMILES string of the molecule is CC1(C)CSc2ccc(C(=O)N=C(N)N)cc2S1(=O)=O.COC(=O)c1ccc2c(c1)S(=O)(=O)C(C)(C)CS2. The first-order valence-corrected chi connectivity index (χ1v) is 16.1. The Bertz CT molecular complexity index is 1540. The highest BCUT2D eigenvalue weighted by Gasteiger charge is 2.42. The van der Waals surface area contributed by atoms with Crippen molar-refractivity contribution >= 4 is 61.0 Å². The third-order valence-corrected chi connectivity index (χ3v) is 14.7. The van der Waals surface area contributed by atoms with Crippen molar-refractivity contribution in [3.8, 4) is 0 Å². The van der Waals surface area contributed by atoms with Gasteiger partial charge < -0.3 is 16.2 Å². The maximum atomic E-state index is 12.5. The molecule has 0 aromatic heterocycles. The summed E-state index contributed by atoms with van der Waals surface area (Å²) in [4.78, 5) is 28.4. The fourth-order valence-electron chi connectivity index (χ4n) is 3.49. The number of methoxy groups -OCH3 is 1. The Morgan fingerprint density at radius 1 is 0.816 bits per heavy atom. The van der Waals surface area contributed by atoms with Crippen molar-refractivity contribution in [2.24, 2.45) is 16.5 Å². The number of guanidine groups is 1. The quantitative estimate of drug-likeness (QED) is 0.295. The van der Waals surface area contributed by atoms with Gasteiger partial charge in [-0.15, -0.1) is 23.5 Å². The molecule has 2 aromatic carbocycles. The minimum Gasteiger partial charge on any atom is -0.465 e. The summed E-state index contributed by atoms with van der Waals surface area (Å²) in [6.07, 6.45) is 0. The molecule has 1 amide bonds. The normalized spacial score (nSPS) is 19.4. The topological polar surface area (TPSA) is 176 Å². The van der Waals surface area contributed by atoms with Gasteiger partial charge in [-0.05, 0) is 64.1 Å². The first-order chi connectivity index (χ1) is 17.4. The summed E-state index contributed by atoms with van der Waals surface area (Å²) >= 11 is 2.95. The van der Waals surface area contributed by atoms with Crippen molar-refractivity contribution in [3.63, 3.8) is 0 Å². The van der Waals surface area contributed by atoms with Gasteiger partial charge in [-0.2, -0.15) is 4.99 Å². The van der Waals surface area contributed by atoms with E-state index in [1.165, 1.54) is 48.8 Å². The van der Waals surface area contributed by atoms with Gasteiger partial charge in [0.2, 0.25) is 0 Å². The number of rotatable bonds is 2. The number of ether oxygens (including phenoxy) is 1. The van der Waals surface area contributed by atoms with Gasteiger partial charge in [-0.1, -0.05) is 0 Å². The maximum Gasteiger partial charge on any atom is 0.337 e. The van der Waals surface area contributed by atoms with E-state index in [2.05, 4.69) is 9.73 Å². The molecule has 14 heteroatoms. The molecule has 2 aliphatic heterocycles. The van der Waals surface area contributed by atoms with E-state index in [1.807, 2.05) is 0 Å². The molecule has 0 fully saturated rings. The minimum absolute atomic E-state index is 0.152. The Hall–Kier alpha value is -2.55. The van der Waals surface area contributed by atoms with Crippen LogP contribution in [0.4, 0.5) is 0 Å². The van der Waals surface area contributed by atoms with Gasteiger partial charge >= 0.3 is 5.97 Å². The van der Waals surface area contributed by atoms with E-state index >= 15 is 0 Å². The third kappa shape index (κ3) is 5.58. The van der Waals surface area contributed by atoms with E-state index in [9.17, 15) is 26.4 Å². The summed E-state index contributed by atoms with van der Waals surface area (Å²) in [5.41, 5.74) is 10.7. The Kier molecular flexibility index (Phi) is 8.33. The van der Waals surface area contributed by atoms with E-state index in [0.29, 0.717) is 21.3 Å². The van der Waals surface area contributed by atoms with E-state index in [-0.39, 0.29) is 26.9 Å². The lowest BCUT2D eigenvalue weighted by Crippen LogP contribution is -2.37. The number of hydrogen-bond acceptors (Lipinski definition) is 9. The lowest BCUT2D eigenvalue weighted by molar-refractivity contribution is 0.0600. The second-order valence-electron chi connectivity index (χ2n) is 9.76. The smallest absolute Gasteiger partial charge is 0.337 e. The average Bonchev–Trinajstić information content (AvgIpc) is 2.84. The standard InChI is InChI=1S/C12H15N3O3S2.C12H14O4S2/c1-12(2)6-19-8-4-3-7(10(16)15-11(13)14)5-9(8)20(12,17)18;1-12(2)7-17-9-5-4-8(11(13)16-3)6-10(9)18(12,14)15/h3-5H,6H2,1-2H3,(H4,13,14,15,16);4-6H,7H2,1-3H3. The molecule has 0 atom stereocenters. The van der Waals surface area contributed by atoms with Crippen LogP contribution in [0, 0.1) is 0 Å². The van der Waals surface area contributed by atoms with Crippen LogP contribution in [-0.2, 0) is 24.4 Å². The highest BCUT2D eigenvalue weighted by molar-refractivity contribution is 8.03. The molecule has 2 heterocycles. The highest BCUT2D eigenvalue weighted by Crippen LogP contribution is 2.43. The molecule has 0 aliphatic carbocycles. The van der Waals surface area contributed by atoms with Gasteiger partial charge in [0.05, 0.1) is 32.0 Å². The average molecular weight is 600 g/mol. The van der Waals surface area contributed by atoms with Gasteiger partial charge in [0.25, 0.3) is 5.91 Å². The summed E-state index contributed by atoms with van der Waals surface area (Å²) in [5.74, 6) is -0.549. The second kappa shape index (κ2) is 10.5. The summed E-state index contributed by atoms with van der Waals surface area (Å²) in [5, 5.41) is 0. The van der Waals surface area contributed by atoms with Crippen molar-refractivity contribution in [2.75, 3.05) is 18.6 Å². The van der Waals surface area contributed by atoms with E-state index in [1.54, 1.807) is 45.9 Å². The number of thioether (sulfide) groups is 2. The zero-order valence-electron chi connectivity index (χ0n) is 21.5. The van der Waals surface area contributed by atoms with E-state index in [4.69, 9.17) is 11.5 Å². The van der Waals surface area contributed by atoms with Crippen molar-refractivity contribution in [1.29, 1.82) is 0 Å². The number of benzene rings is 2. The first kappa shape index (κ1) is 30.0. The Morgan fingerprint density at radius 2 is 1.24 bits per heavy atom. The molecule has 10 nitrogen and oxygen atoms in total. The summed E-state index contributed by atoms with van der Waals surface area (Å²) in [6.45, 7) is 6.73. The van der Waals surface area contributed by atoms with E-state index < -0.39 is 41.0 Å². The van der Waals surface area contributed by atoms with Crippen LogP contribution < -0.4 is 11.5 Å². The summed E-state index contributed by atoms with van der Waals surface area (Å²) in [6, 6.07) is 9.14. The minimum atomic E-state index is -3.49. The number of amides is 1. The van der Waals surface area contributed by atoms with Gasteiger partial charge in [0.1, 0.15) is 0 Å². The molecule has 38 heavy (non-hydrogen) atoms. The predicted molar refractivity (Wildman–Crippen MR) is 148 cm³/mol. The number of sulfone groups is 2. The molecule has 0 spiro atoms. The molecular formula is C24H29N3O7S4. The molecule has 0 radical (unpaired) electrons. The molecule has 4 rings (SSSR count). The number of nitrogens with two attached hydrogens (primary N) is 2. The van der Waals surface area contributed by atoms with Gasteiger partial charge in [0.15, 0.2) is 25.6 Å². The molecule has 0 saturated heterocycles. The molecule has 0 unspecified atom stereocenters. The van der Waals surface area contributed by atoms with Gasteiger partial charge in [-0.3, -0.25) is 4.79 Å². The number of carbonyl (C=O) groups excluding carboxylic acids is 2. The molecule has 206 valence electrons. The Morgan fingerprint density at radius 3 is 1.66 bits per heavy atom. The van der Waals surface area contributed by atoms with Crippen molar-refractivity contribution in [1.82, 2.24) is 0 Å². The fraction of sp³-hybridized carbons (Fsp3) is 0.375. The van der Waals surface area contributed by atoms with Crippen molar-refractivity contribution in [3.05, 3.63) is 47.5 Å². The summed E-state index contributed by atoms with van der Waals surface area (Å²) in [7, 11) is -5.63. The maximum absolute atomic E-state index is 12.5. The monoisotopic (exact) mass is 599 g/mol. The van der Waals surface area contributed by atoms with Crippen LogP contribution in [0.3, 0.4) is 0 Å². The zero-order chi connectivity index (χ0) is 28.7. The first-order valence-electron chi connectivity index (χ1n) is 11.2. The van der Waals surface area contributed by atoms with Crippen LogP contribution in [0.15, 0.2) is 61.0 Å². The number of nitrogens with zero attached hydrogens (tertiary/aromatic N) is 1. The van der Waals surface area contributed by atoms with Crippen LogP contribution in [0.2, 0.25) is 0 Å². The lowest BCUT2D eigenvalue weighted by atomic mass is 10.2. The highest BCUT2D eigenvalue weighted by atomic mass is 32.2. The molecule has 2 aliphatic rings. The predicted octanol–water partition coefficient (Wildman–Crippen LogP) is 2.89. The molecule has 0 saturated carbocycles. The Labute approximate surface area is 230 Å². The van der Waals surface area contributed by atoms with Crippen LogP contribution in [-0.4, -0.2) is 62.8 Å². The van der Waals surface area contributed by atoms with Gasteiger partial charge in [-0.25, -0.2) is 21.6 Å². The number of hydrogen-bond donors (Lipinski definition) is 2. The Balaban J connectivity index is 0.000000212. The number of aliphatic imine (C=N–C) groups is 1. The summed E-state index contributed by atoms with van der Waals surface area (Å²) < 4.78 is 52.8. The van der Waals surface area contributed by atoms with E-state index in [0.717, 1.165) is 0 Å². The number of esters is 1. The third-order valence-electron chi connectivity index (χ3n) is 5.97.